The molecule has 0 unspecified atom stereocenters. The van der Waals surface area contributed by atoms with Gasteiger partial charge in [0.15, 0.2) is 5.96 Å². The molecular formula is C17H36IN3OS. The highest BCUT2D eigenvalue weighted by atomic mass is 127. The molecule has 0 bridgehead atoms. The van der Waals surface area contributed by atoms with E-state index in [1.165, 1.54) is 25.7 Å². The van der Waals surface area contributed by atoms with Crippen molar-refractivity contribution in [2.24, 2.45) is 10.4 Å². The summed E-state index contributed by atoms with van der Waals surface area (Å²) in [5, 5.41) is 7.01. The van der Waals surface area contributed by atoms with E-state index < -0.39 is 0 Å². The Kier molecular flexibility index (Phi) is 12.0. The molecule has 0 aliphatic heterocycles. The number of ether oxygens (including phenoxy) is 1. The highest BCUT2D eigenvalue weighted by molar-refractivity contribution is 14.0. The maximum atomic E-state index is 5.58. The predicted octanol–water partition coefficient (Wildman–Crippen LogP) is 3.90. The van der Waals surface area contributed by atoms with Crippen LogP contribution in [-0.4, -0.2) is 50.3 Å². The second-order valence-corrected chi connectivity index (χ2v) is 8.41. The molecule has 0 aromatic carbocycles. The molecule has 1 saturated carbocycles. The average molecular weight is 457 g/mol. The molecule has 0 amide bonds. The molecule has 2 N–H and O–H groups in total. The zero-order valence-electron chi connectivity index (χ0n) is 15.5. The summed E-state index contributed by atoms with van der Waals surface area (Å²) in [5.41, 5.74) is 0.391. The van der Waals surface area contributed by atoms with Crippen LogP contribution < -0.4 is 10.6 Å². The van der Waals surface area contributed by atoms with Crippen LogP contribution in [0.3, 0.4) is 0 Å². The Morgan fingerprint density at radius 1 is 1.26 bits per heavy atom. The summed E-state index contributed by atoms with van der Waals surface area (Å²) < 4.78 is 5.80. The van der Waals surface area contributed by atoms with Crippen molar-refractivity contribution in [2.75, 3.05) is 39.6 Å². The third-order valence-electron chi connectivity index (χ3n) is 4.73. The minimum Gasteiger partial charge on any atom is -0.382 e. The smallest absolute Gasteiger partial charge is 0.191 e. The quantitative estimate of drug-likeness (QED) is 0.239. The summed E-state index contributed by atoms with van der Waals surface area (Å²) in [5.74, 6) is 0.921. The Morgan fingerprint density at radius 2 is 1.91 bits per heavy atom. The zero-order valence-corrected chi connectivity index (χ0v) is 18.7. The summed E-state index contributed by atoms with van der Waals surface area (Å²) in [6, 6.07) is 0. The number of guanidine groups is 1. The first kappa shape index (κ1) is 23.3. The molecule has 0 saturated heterocycles. The molecule has 4 nitrogen and oxygen atoms in total. The van der Waals surface area contributed by atoms with Gasteiger partial charge in [-0.25, -0.2) is 0 Å². The highest BCUT2D eigenvalue weighted by Gasteiger charge is 2.33. The molecule has 0 atom stereocenters. The van der Waals surface area contributed by atoms with Gasteiger partial charge >= 0.3 is 0 Å². The number of thioether (sulfide) groups is 1. The van der Waals surface area contributed by atoms with Crippen molar-refractivity contribution in [2.45, 2.75) is 57.6 Å². The van der Waals surface area contributed by atoms with Crippen LogP contribution in [0.1, 0.15) is 52.9 Å². The molecule has 6 heteroatoms. The Labute approximate surface area is 164 Å². The normalized spacial score (nSPS) is 17.7. The van der Waals surface area contributed by atoms with Gasteiger partial charge in [-0.3, -0.25) is 4.99 Å². The van der Waals surface area contributed by atoms with Crippen LogP contribution in [0.2, 0.25) is 0 Å². The molecule has 1 fully saturated rings. The van der Waals surface area contributed by atoms with E-state index in [0.717, 1.165) is 38.7 Å². The third-order valence-corrected chi connectivity index (χ3v) is 5.98. The largest absolute Gasteiger partial charge is 0.382 e. The average Bonchev–Trinajstić information content (AvgIpc) is 2.97. The first-order chi connectivity index (χ1) is 10.5. The van der Waals surface area contributed by atoms with Crippen molar-refractivity contribution in [1.29, 1.82) is 0 Å². The predicted molar refractivity (Wildman–Crippen MR) is 114 cm³/mol. The maximum absolute atomic E-state index is 5.58. The number of hydrogen-bond acceptors (Lipinski definition) is 3. The summed E-state index contributed by atoms with van der Waals surface area (Å²) >= 11 is 1.87. The summed E-state index contributed by atoms with van der Waals surface area (Å²) in [6.45, 7) is 10.2. The standard InChI is InChI=1S/C17H35N3OS.HI/c1-6-21-12-11-17(9-7-8-10-17)14-20-15(18-4)19-13-16(2,3)22-5;/h6-14H2,1-5H3,(H2,18,19,20);1H. The zero-order chi connectivity index (χ0) is 16.5. The number of hydrogen-bond donors (Lipinski definition) is 2. The van der Waals surface area contributed by atoms with Crippen LogP contribution in [-0.2, 0) is 4.74 Å². The maximum Gasteiger partial charge on any atom is 0.191 e. The van der Waals surface area contributed by atoms with Crippen molar-refractivity contribution in [3.05, 3.63) is 0 Å². The fraction of sp³-hybridized carbons (Fsp3) is 0.941. The molecule has 23 heavy (non-hydrogen) atoms. The number of nitrogens with zero attached hydrogens (tertiary/aromatic N) is 1. The number of halogens is 1. The summed E-state index contributed by atoms with van der Waals surface area (Å²) in [6.07, 6.45) is 8.61. The molecular weight excluding hydrogens is 421 g/mol. The molecule has 0 aromatic heterocycles. The molecule has 138 valence electrons. The number of rotatable bonds is 9. The van der Waals surface area contributed by atoms with E-state index in [9.17, 15) is 0 Å². The molecule has 0 radical (unpaired) electrons. The van der Waals surface area contributed by atoms with Crippen molar-refractivity contribution in [3.8, 4) is 0 Å². The van der Waals surface area contributed by atoms with Gasteiger partial charge in [0.1, 0.15) is 0 Å². The molecule has 1 rings (SSSR count). The van der Waals surface area contributed by atoms with Gasteiger partial charge in [-0.2, -0.15) is 11.8 Å². The van der Waals surface area contributed by atoms with E-state index in [4.69, 9.17) is 4.74 Å². The lowest BCUT2D eigenvalue weighted by Crippen LogP contribution is -2.46. The van der Waals surface area contributed by atoms with E-state index in [0.29, 0.717) is 5.41 Å². The Bertz CT molecular complexity index is 345. The van der Waals surface area contributed by atoms with Crippen LogP contribution in [0.4, 0.5) is 0 Å². The molecule has 0 spiro atoms. The van der Waals surface area contributed by atoms with Crippen LogP contribution in [0.25, 0.3) is 0 Å². The van der Waals surface area contributed by atoms with Crippen LogP contribution in [0, 0.1) is 5.41 Å². The molecule has 0 heterocycles. The summed E-state index contributed by atoms with van der Waals surface area (Å²) in [4.78, 5) is 4.37. The van der Waals surface area contributed by atoms with E-state index in [1.54, 1.807) is 0 Å². The minimum absolute atomic E-state index is 0. The van der Waals surface area contributed by atoms with Crippen molar-refractivity contribution < 1.29 is 4.74 Å². The summed E-state index contributed by atoms with van der Waals surface area (Å²) in [7, 11) is 1.85. The highest BCUT2D eigenvalue weighted by Crippen LogP contribution is 2.40. The van der Waals surface area contributed by atoms with Gasteiger partial charge < -0.3 is 15.4 Å². The van der Waals surface area contributed by atoms with E-state index in [1.807, 2.05) is 18.8 Å². The van der Waals surface area contributed by atoms with Gasteiger partial charge in [0.2, 0.25) is 0 Å². The van der Waals surface area contributed by atoms with Crippen LogP contribution in [0.15, 0.2) is 4.99 Å². The van der Waals surface area contributed by atoms with Crippen molar-refractivity contribution in [1.82, 2.24) is 10.6 Å². The van der Waals surface area contributed by atoms with Gasteiger partial charge in [0.25, 0.3) is 0 Å². The lowest BCUT2D eigenvalue weighted by atomic mass is 9.83. The third kappa shape index (κ3) is 8.82. The molecule has 1 aliphatic rings. The lowest BCUT2D eigenvalue weighted by Gasteiger charge is -2.31. The second-order valence-electron chi connectivity index (χ2n) is 6.90. The van der Waals surface area contributed by atoms with Crippen molar-refractivity contribution in [3.63, 3.8) is 0 Å². The monoisotopic (exact) mass is 457 g/mol. The van der Waals surface area contributed by atoms with Gasteiger partial charge in [-0.05, 0) is 51.7 Å². The second kappa shape index (κ2) is 11.8. The van der Waals surface area contributed by atoms with E-state index in [-0.39, 0.29) is 28.7 Å². The number of nitrogens with one attached hydrogen (secondary N) is 2. The fourth-order valence-electron chi connectivity index (χ4n) is 2.93. The fourth-order valence-corrected chi connectivity index (χ4v) is 3.15. The first-order valence-corrected chi connectivity index (χ1v) is 9.77. The minimum atomic E-state index is 0. The van der Waals surface area contributed by atoms with Gasteiger partial charge in [-0.1, -0.05) is 12.8 Å². The first-order valence-electron chi connectivity index (χ1n) is 8.54. The van der Waals surface area contributed by atoms with E-state index >= 15 is 0 Å². The van der Waals surface area contributed by atoms with Crippen LogP contribution >= 0.6 is 35.7 Å². The van der Waals surface area contributed by atoms with Gasteiger partial charge in [0.05, 0.1) is 0 Å². The lowest BCUT2D eigenvalue weighted by molar-refractivity contribution is 0.105. The SMILES string of the molecule is CCOCCC1(CNC(=NC)NCC(C)(C)SC)CCCC1.I. The van der Waals surface area contributed by atoms with Crippen LogP contribution in [0.5, 0.6) is 0 Å². The van der Waals surface area contributed by atoms with E-state index in [2.05, 4.69) is 42.7 Å². The van der Waals surface area contributed by atoms with Gasteiger partial charge in [-0.15, -0.1) is 24.0 Å². The molecule has 1 aliphatic carbocycles. The Morgan fingerprint density at radius 3 is 2.43 bits per heavy atom. The molecule has 0 aromatic rings. The Balaban J connectivity index is 0.00000484. The Hall–Kier alpha value is 0.310. The topological polar surface area (TPSA) is 45.6 Å². The number of aliphatic imine (C=N–C) groups is 1. The van der Waals surface area contributed by atoms with Gasteiger partial charge in [0, 0.05) is 38.1 Å². The van der Waals surface area contributed by atoms with Crippen molar-refractivity contribution >= 4 is 41.7 Å².